The average molecular weight is 185 g/mol. The second-order valence-electron chi connectivity index (χ2n) is 2.51. The Morgan fingerprint density at radius 1 is 1.83 bits per heavy atom. The zero-order valence-electron chi connectivity index (χ0n) is 6.78. The lowest BCUT2D eigenvalue weighted by Gasteiger charge is -2.08. The van der Waals surface area contributed by atoms with Crippen molar-refractivity contribution in [1.82, 2.24) is 5.32 Å². The number of hydrogen-bond donors (Lipinski definition) is 2. The Kier molecular flexibility index (Phi) is 3.25. The third kappa shape index (κ3) is 2.64. The highest BCUT2D eigenvalue weighted by Crippen LogP contribution is 2.17. The van der Waals surface area contributed by atoms with Gasteiger partial charge < -0.3 is 5.11 Å². The van der Waals surface area contributed by atoms with Crippen LogP contribution < -0.4 is 5.32 Å². The van der Waals surface area contributed by atoms with Crippen LogP contribution in [-0.4, -0.2) is 17.6 Å². The molecule has 1 aromatic rings. The van der Waals surface area contributed by atoms with Crippen LogP contribution in [0.3, 0.4) is 0 Å². The summed E-state index contributed by atoms with van der Waals surface area (Å²) in [6.45, 7) is 1.97. The van der Waals surface area contributed by atoms with Crippen molar-refractivity contribution in [3.63, 3.8) is 0 Å². The van der Waals surface area contributed by atoms with Crippen LogP contribution in [0, 0.1) is 0 Å². The predicted octanol–water partition coefficient (Wildman–Crippen LogP) is 1.48. The summed E-state index contributed by atoms with van der Waals surface area (Å²) in [4.78, 5) is 11.4. The van der Waals surface area contributed by atoms with Gasteiger partial charge in [0.25, 0.3) is 0 Å². The smallest absolute Gasteiger partial charge is 0.317 e. The molecule has 0 amide bonds. The summed E-state index contributed by atoms with van der Waals surface area (Å²) in [7, 11) is 0. The van der Waals surface area contributed by atoms with Crippen molar-refractivity contribution >= 4 is 17.3 Å². The fourth-order valence-electron chi connectivity index (χ4n) is 0.879. The molecule has 0 spiro atoms. The van der Waals surface area contributed by atoms with Gasteiger partial charge in [-0.25, -0.2) is 0 Å². The van der Waals surface area contributed by atoms with Gasteiger partial charge in [0.05, 0.1) is 6.54 Å². The van der Waals surface area contributed by atoms with E-state index in [-0.39, 0.29) is 12.6 Å². The molecule has 0 unspecified atom stereocenters. The van der Waals surface area contributed by atoms with Gasteiger partial charge in [-0.05, 0) is 18.4 Å². The minimum Gasteiger partial charge on any atom is -0.480 e. The molecule has 0 aromatic carbocycles. The van der Waals surface area contributed by atoms with Crippen LogP contribution in [0.2, 0.25) is 0 Å². The van der Waals surface area contributed by atoms with Crippen molar-refractivity contribution in [3.05, 3.63) is 22.4 Å². The lowest BCUT2D eigenvalue weighted by atomic mass is 10.3. The van der Waals surface area contributed by atoms with Gasteiger partial charge >= 0.3 is 5.97 Å². The second kappa shape index (κ2) is 4.23. The first kappa shape index (κ1) is 9.22. The van der Waals surface area contributed by atoms with E-state index >= 15 is 0 Å². The molecule has 0 fully saturated rings. The summed E-state index contributed by atoms with van der Waals surface area (Å²) in [6.07, 6.45) is 0. The summed E-state index contributed by atoms with van der Waals surface area (Å²) in [6, 6.07) is 4.07. The molecule has 4 heteroatoms. The fraction of sp³-hybridized carbons (Fsp3) is 0.375. The number of thiophene rings is 1. The number of aliphatic carboxylic acids is 1. The second-order valence-corrected chi connectivity index (χ2v) is 3.49. The quantitative estimate of drug-likeness (QED) is 0.747. The Morgan fingerprint density at radius 2 is 2.58 bits per heavy atom. The molecule has 1 atom stereocenters. The van der Waals surface area contributed by atoms with Gasteiger partial charge in [0.2, 0.25) is 0 Å². The van der Waals surface area contributed by atoms with E-state index < -0.39 is 5.97 Å². The van der Waals surface area contributed by atoms with E-state index in [2.05, 4.69) is 5.32 Å². The van der Waals surface area contributed by atoms with E-state index in [4.69, 9.17) is 5.11 Å². The largest absolute Gasteiger partial charge is 0.480 e. The van der Waals surface area contributed by atoms with Gasteiger partial charge in [-0.2, -0.15) is 0 Å². The Labute approximate surface area is 75.0 Å². The molecule has 0 saturated heterocycles. The lowest BCUT2D eigenvalue weighted by Crippen LogP contribution is -2.24. The highest BCUT2D eigenvalue weighted by atomic mass is 32.1. The Bertz CT molecular complexity index is 246. The topological polar surface area (TPSA) is 49.3 Å². The van der Waals surface area contributed by atoms with Gasteiger partial charge in [-0.15, -0.1) is 11.3 Å². The van der Waals surface area contributed by atoms with Gasteiger partial charge in [-0.1, -0.05) is 6.07 Å². The first-order valence-electron chi connectivity index (χ1n) is 3.68. The maximum absolute atomic E-state index is 10.2. The molecule has 1 rings (SSSR count). The maximum atomic E-state index is 10.2. The van der Waals surface area contributed by atoms with Gasteiger partial charge in [0, 0.05) is 10.9 Å². The lowest BCUT2D eigenvalue weighted by molar-refractivity contribution is -0.136. The summed E-state index contributed by atoms with van der Waals surface area (Å²) in [5.41, 5.74) is 0. The van der Waals surface area contributed by atoms with Crippen molar-refractivity contribution in [2.45, 2.75) is 13.0 Å². The number of rotatable bonds is 4. The molecule has 0 radical (unpaired) electrons. The standard InChI is InChI=1S/C8H11NO2S/c1-6(9-5-8(10)11)7-3-2-4-12-7/h2-4,6,9H,5H2,1H3,(H,10,11)/t6-/m0/s1. The summed E-state index contributed by atoms with van der Waals surface area (Å²) in [5.74, 6) is -0.821. The SMILES string of the molecule is C[C@H](NCC(=O)O)c1cccs1. The van der Waals surface area contributed by atoms with Crippen LogP contribution in [0.4, 0.5) is 0 Å². The van der Waals surface area contributed by atoms with Crippen molar-refractivity contribution in [1.29, 1.82) is 0 Å². The molecular formula is C8H11NO2S. The molecule has 2 N–H and O–H groups in total. The van der Waals surface area contributed by atoms with Crippen LogP contribution in [-0.2, 0) is 4.79 Å². The highest BCUT2D eigenvalue weighted by Gasteiger charge is 2.06. The van der Waals surface area contributed by atoms with Crippen LogP contribution in [0.5, 0.6) is 0 Å². The average Bonchev–Trinajstić information content (AvgIpc) is 2.51. The molecular weight excluding hydrogens is 174 g/mol. The number of hydrogen-bond acceptors (Lipinski definition) is 3. The zero-order chi connectivity index (χ0) is 8.97. The Morgan fingerprint density at radius 3 is 3.08 bits per heavy atom. The summed E-state index contributed by atoms with van der Waals surface area (Å²) in [5, 5.41) is 13.3. The molecule has 1 aromatic heterocycles. The third-order valence-electron chi connectivity index (χ3n) is 1.53. The van der Waals surface area contributed by atoms with Gasteiger partial charge in [0.15, 0.2) is 0 Å². The Hall–Kier alpha value is -0.870. The van der Waals surface area contributed by atoms with Crippen LogP contribution in [0.1, 0.15) is 17.8 Å². The monoisotopic (exact) mass is 185 g/mol. The molecule has 3 nitrogen and oxygen atoms in total. The molecule has 0 aliphatic carbocycles. The Balaban J connectivity index is 2.39. The maximum Gasteiger partial charge on any atom is 0.317 e. The number of carboxylic acid groups (broad SMARTS) is 1. The first-order valence-corrected chi connectivity index (χ1v) is 4.56. The third-order valence-corrected chi connectivity index (χ3v) is 2.58. The fourth-order valence-corrected chi connectivity index (χ4v) is 1.64. The van der Waals surface area contributed by atoms with E-state index in [0.29, 0.717) is 0 Å². The van der Waals surface area contributed by atoms with Crippen molar-refractivity contribution in [2.24, 2.45) is 0 Å². The van der Waals surface area contributed by atoms with Crippen LogP contribution in [0.25, 0.3) is 0 Å². The van der Waals surface area contributed by atoms with E-state index in [1.54, 1.807) is 11.3 Å². The highest BCUT2D eigenvalue weighted by molar-refractivity contribution is 7.10. The first-order chi connectivity index (χ1) is 5.70. The summed E-state index contributed by atoms with van der Waals surface area (Å²) < 4.78 is 0. The van der Waals surface area contributed by atoms with Gasteiger partial charge in [0.1, 0.15) is 0 Å². The zero-order valence-corrected chi connectivity index (χ0v) is 7.60. The van der Waals surface area contributed by atoms with E-state index in [9.17, 15) is 4.79 Å². The van der Waals surface area contributed by atoms with Crippen molar-refractivity contribution in [2.75, 3.05) is 6.54 Å². The van der Waals surface area contributed by atoms with Crippen LogP contribution >= 0.6 is 11.3 Å². The van der Waals surface area contributed by atoms with Crippen LogP contribution in [0.15, 0.2) is 17.5 Å². The molecule has 0 bridgehead atoms. The molecule has 0 aliphatic rings. The molecule has 12 heavy (non-hydrogen) atoms. The molecule has 0 aliphatic heterocycles. The molecule has 0 saturated carbocycles. The van der Waals surface area contributed by atoms with Crippen molar-refractivity contribution in [3.8, 4) is 0 Å². The number of carbonyl (C=O) groups is 1. The molecule has 66 valence electrons. The number of carboxylic acids is 1. The van der Waals surface area contributed by atoms with E-state index in [1.807, 2.05) is 24.4 Å². The normalized spacial score (nSPS) is 12.8. The van der Waals surface area contributed by atoms with E-state index in [0.717, 1.165) is 4.88 Å². The summed E-state index contributed by atoms with van der Waals surface area (Å²) >= 11 is 1.63. The minimum absolute atomic E-state index is 0.0130. The number of nitrogens with one attached hydrogen (secondary N) is 1. The molecule has 1 heterocycles. The van der Waals surface area contributed by atoms with Crippen molar-refractivity contribution < 1.29 is 9.90 Å². The minimum atomic E-state index is -0.821. The van der Waals surface area contributed by atoms with E-state index in [1.165, 1.54) is 0 Å². The predicted molar refractivity (Wildman–Crippen MR) is 48.4 cm³/mol. The van der Waals surface area contributed by atoms with Gasteiger partial charge in [-0.3, -0.25) is 10.1 Å².